The second kappa shape index (κ2) is 8.31. The van der Waals surface area contributed by atoms with Crippen molar-refractivity contribution in [1.82, 2.24) is 9.80 Å². The molecule has 1 aliphatic rings. The largest absolute Gasteiger partial charge is 0.343 e. The van der Waals surface area contributed by atoms with E-state index in [1.807, 2.05) is 43.1 Å². The molecule has 1 atom stereocenters. The number of carbonyl (C=O) groups is 2. The Labute approximate surface area is 144 Å². The first-order valence-corrected chi connectivity index (χ1v) is 7.74. The van der Waals surface area contributed by atoms with Gasteiger partial charge in [-0.15, -0.1) is 12.4 Å². The van der Waals surface area contributed by atoms with E-state index in [0.717, 1.165) is 24.0 Å². The predicted molar refractivity (Wildman–Crippen MR) is 93.4 cm³/mol. The average molecular weight is 340 g/mol. The average Bonchev–Trinajstić information content (AvgIpc) is 2.53. The molecule has 2 amide bonds. The maximum Gasteiger partial charge on any atom is 0.244 e. The summed E-state index contributed by atoms with van der Waals surface area (Å²) in [5, 5.41) is 0. The first-order valence-electron chi connectivity index (χ1n) is 7.74. The first-order chi connectivity index (χ1) is 10.4. The Morgan fingerprint density at radius 1 is 1.22 bits per heavy atom. The lowest BCUT2D eigenvalue weighted by atomic mass is 10.0. The van der Waals surface area contributed by atoms with E-state index < -0.39 is 6.04 Å². The van der Waals surface area contributed by atoms with Crippen molar-refractivity contribution in [2.75, 3.05) is 20.1 Å². The molecule has 1 saturated heterocycles. The summed E-state index contributed by atoms with van der Waals surface area (Å²) in [5.74, 6) is 0.0360. The molecular formula is C17H26ClN3O2. The van der Waals surface area contributed by atoms with Crippen LogP contribution >= 0.6 is 12.4 Å². The number of halogens is 1. The normalized spacial score (nSPS) is 16.4. The zero-order valence-electron chi connectivity index (χ0n) is 14.0. The van der Waals surface area contributed by atoms with Crippen LogP contribution in [0.15, 0.2) is 24.3 Å². The number of hydrogen-bond donors (Lipinski definition) is 1. The fraction of sp³-hybridized carbons (Fsp3) is 0.529. The summed E-state index contributed by atoms with van der Waals surface area (Å²) in [6, 6.07) is 7.37. The Morgan fingerprint density at radius 3 is 2.22 bits per heavy atom. The van der Waals surface area contributed by atoms with Crippen molar-refractivity contribution in [3.63, 3.8) is 0 Å². The monoisotopic (exact) mass is 339 g/mol. The Morgan fingerprint density at radius 2 is 1.74 bits per heavy atom. The molecule has 1 aromatic carbocycles. The summed E-state index contributed by atoms with van der Waals surface area (Å²) in [5.41, 5.74) is 8.10. The number of piperidine rings is 1. The van der Waals surface area contributed by atoms with Crippen molar-refractivity contribution < 1.29 is 9.59 Å². The highest BCUT2D eigenvalue weighted by Gasteiger charge is 2.29. The molecule has 1 unspecified atom stereocenters. The fourth-order valence-corrected chi connectivity index (χ4v) is 2.84. The van der Waals surface area contributed by atoms with Crippen molar-refractivity contribution >= 4 is 24.2 Å². The predicted octanol–water partition coefficient (Wildman–Crippen LogP) is 1.89. The topological polar surface area (TPSA) is 66.6 Å². The molecule has 0 aliphatic carbocycles. The molecular weight excluding hydrogens is 314 g/mol. The van der Waals surface area contributed by atoms with E-state index in [9.17, 15) is 9.59 Å². The van der Waals surface area contributed by atoms with Crippen LogP contribution in [0.3, 0.4) is 0 Å². The zero-order chi connectivity index (χ0) is 16.3. The molecule has 6 heteroatoms. The lowest BCUT2D eigenvalue weighted by Gasteiger charge is -2.37. The van der Waals surface area contributed by atoms with Gasteiger partial charge in [0, 0.05) is 33.1 Å². The molecule has 128 valence electrons. The van der Waals surface area contributed by atoms with Gasteiger partial charge in [-0.2, -0.15) is 0 Å². The van der Waals surface area contributed by atoms with Crippen LogP contribution < -0.4 is 5.73 Å². The van der Waals surface area contributed by atoms with Gasteiger partial charge >= 0.3 is 0 Å². The van der Waals surface area contributed by atoms with Crippen LogP contribution in [0.4, 0.5) is 0 Å². The van der Waals surface area contributed by atoms with Gasteiger partial charge in [-0.25, -0.2) is 0 Å². The minimum Gasteiger partial charge on any atom is -0.343 e. The van der Waals surface area contributed by atoms with Gasteiger partial charge in [0.15, 0.2) is 0 Å². The Bertz CT molecular complexity index is 539. The van der Waals surface area contributed by atoms with E-state index >= 15 is 0 Å². The SMILES string of the molecule is CC(=O)N(C)C1CCN(C(=O)C(N)c2ccc(C)cc2)CC1.Cl. The Balaban J connectivity index is 0.00000264. The van der Waals surface area contributed by atoms with E-state index in [4.69, 9.17) is 5.73 Å². The molecule has 1 heterocycles. The molecule has 2 N–H and O–H groups in total. The summed E-state index contributed by atoms with van der Waals surface area (Å²) in [6.45, 7) is 4.89. The molecule has 5 nitrogen and oxygen atoms in total. The number of rotatable bonds is 3. The summed E-state index contributed by atoms with van der Waals surface area (Å²) < 4.78 is 0. The van der Waals surface area contributed by atoms with Crippen molar-refractivity contribution in [1.29, 1.82) is 0 Å². The van der Waals surface area contributed by atoms with Crippen LogP contribution in [0.1, 0.15) is 36.9 Å². The van der Waals surface area contributed by atoms with Gasteiger partial charge in [0.1, 0.15) is 6.04 Å². The van der Waals surface area contributed by atoms with Gasteiger partial charge in [-0.05, 0) is 25.3 Å². The van der Waals surface area contributed by atoms with Crippen LogP contribution in [0.25, 0.3) is 0 Å². The van der Waals surface area contributed by atoms with Gasteiger partial charge < -0.3 is 15.5 Å². The third kappa shape index (κ3) is 4.69. The summed E-state index contributed by atoms with van der Waals surface area (Å²) >= 11 is 0. The summed E-state index contributed by atoms with van der Waals surface area (Å²) in [6.07, 6.45) is 1.62. The van der Waals surface area contributed by atoms with Crippen LogP contribution in [0.2, 0.25) is 0 Å². The molecule has 23 heavy (non-hydrogen) atoms. The maximum absolute atomic E-state index is 12.5. The summed E-state index contributed by atoms with van der Waals surface area (Å²) in [4.78, 5) is 27.5. The van der Waals surface area contributed by atoms with Crippen LogP contribution in [-0.2, 0) is 9.59 Å². The lowest BCUT2D eigenvalue weighted by molar-refractivity contribution is -0.135. The summed E-state index contributed by atoms with van der Waals surface area (Å²) in [7, 11) is 1.82. The maximum atomic E-state index is 12.5. The lowest BCUT2D eigenvalue weighted by Crippen LogP contribution is -2.48. The van der Waals surface area contributed by atoms with Gasteiger partial charge in [0.25, 0.3) is 0 Å². The second-order valence-electron chi connectivity index (χ2n) is 6.07. The van der Waals surface area contributed by atoms with Crippen molar-refractivity contribution in [3.05, 3.63) is 35.4 Å². The van der Waals surface area contributed by atoms with E-state index in [1.54, 1.807) is 11.8 Å². The van der Waals surface area contributed by atoms with Crippen LogP contribution in [0.5, 0.6) is 0 Å². The number of benzene rings is 1. The van der Waals surface area contributed by atoms with Crippen LogP contribution in [0, 0.1) is 6.92 Å². The van der Waals surface area contributed by atoms with Gasteiger partial charge in [0.2, 0.25) is 11.8 Å². The number of amides is 2. The molecule has 1 aromatic rings. The van der Waals surface area contributed by atoms with Crippen molar-refractivity contribution in [3.8, 4) is 0 Å². The highest BCUT2D eigenvalue weighted by atomic mass is 35.5. The molecule has 0 saturated carbocycles. The van der Waals surface area contributed by atoms with Crippen molar-refractivity contribution in [2.24, 2.45) is 5.73 Å². The van der Waals surface area contributed by atoms with Gasteiger partial charge in [-0.3, -0.25) is 9.59 Å². The van der Waals surface area contributed by atoms with E-state index in [1.165, 1.54) is 0 Å². The molecule has 2 rings (SSSR count). The quantitative estimate of drug-likeness (QED) is 0.914. The third-order valence-corrected chi connectivity index (χ3v) is 4.52. The zero-order valence-corrected chi connectivity index (χ0v) is 14.8. The second-order valence-corrected chi connectivity index (χ2v) is 6.07. The van der Waals surface area contributed by atoms with Gasteiger partial charge in [-0.1, -0.05) is 29.8 Å². The van der Waals surface area contributed by atoms with E-state index in [2.05, 4.69) is 0 Å². The Hall–Kier alpha value is -1.59. The molecule has 0 aromatic heterocycles. The molecule has 0 spiro atoms. The number of hydrogen-bond acceptors (Lipinski definition) is 3. The highest BCUT2D eigenvalue weighted by molar-refractivity contribution is 5.85. The minimum absolute atomic E-state index is 0. The number of nitrogens with two attached hydrogens (primary N) is 1. The molecule has 1 aliphatic heterocycles. The minimum atomic E-state index is -0.609. The highest BCUT2D eigenvalue weighted by Crippen LogP contribution is 2.20. The standard InChI is InChI=1S/C17H25N3O2.ClH/c1-12-4-6-14(7-5-12)16(18)17(22)20-10-8-15(9-11-20)19(3)13(2)21;/h4-7,15-16H,8-11,18H2,1-3H3;1H. The molecule has 0 bridgehead atoms. The first kappa shape index (κ1) is 19.5. The van der Waals surface area contributed by atoms with E-state index in [-0.39, 0.29) is 30.3 Å². The number of nitrogens with zero attached hydrogens (tertiary/aromatic N) is 2. The van der Waals surface area contributed by atoms with Crippen molar-refractivity contribution in [2.45, 2.75) is 38.8 Å². The molecule has 1 fully saturated rings. The van der Waals surface area contributed by atoms with E-state index in [0.29, 0.717) is 13.1 Å². The number of likely N-dealkylation sites (tertiary alicyclic amines) is 1. The fourth-order valence-electron chi connectivity index (χ4n) is 2.84. The number of carbonyl (C=O) groups excluding carboxylic acids is 2. The van der Waals surface area contributed by atoms with Crippen LogP contribution in [-0.4, -0.2) is 47.8 Å². The number of aryl methyl sites for hydroxylation is 1. The molecule has 0 radical (unpaired) electrons. The smallest absolute Gasteiger partial charge is 0.244 e. The van der Waals surface area contributed by atoms with Gasteiger partial charge in [0.05, 0.1) is 0 Å². The third-order valence-electron chi connectivity index (χ3n) is 4.52. The Kier molecular flexibility index (Phi) is 7.03.